The number of piperidine rings is 1. The van der Waals surface area contributed by atoms with E-state index in [1.54, 1.807) is 0 Å². The predicted octanol–water partition coefficient (Wildman–Crippen LogP) is 2.00. The van der Waals surface area contributed by atoms with Crippen molar-refractivity contribution in [2.45, 2.75) is 57.6 Å². The maximum absolute atomic E-state index is 11.5. The van der Waals surface area contributed by atoms with Crippen molar-refractivity contribution in [3.8, 4) is 0 Å². The van der Waals surface area contributed by atoms with Gasteiger partial charge in [0.1, 0.15) is 5.78 Å². The largest absolute Gasteiger partial charge is 0.377 e. The van der Waals surface area contributed by atoms with E-state index in [0.717, 1.165) is 39.0 Å². The van der Waals surface area contributed by atoms with Crippen LogP contribution in [0.25, 0.3) is 0 Å². The maximum Gasteiger partial charge on any atom is 0.134 e. The highest BCUT2D eigenvalue weighted by molar-refractivity contribution is 5.79. The zero-order valence-electron chi connectivity index (χ0n) is 10.3. The number of likely N-dealkylation sites (tertiary alicyclic amines) is 1. The number of hydrogen-bond donors (Lipinski definition) is 0. The van der Waals surface area contributed by atoms with Gasteiger partial charge in [0, 0.05) is 32.0 Å². The van der Waals surface area contributed by atoms with E-state index in [2.05, 4.69) is 11.8 Å². The Morgan fingerprint density at radius 2 is 2.25 bits per heavy atom. The molecule has 92 valence electrons. The molecule has 0 spiro atoms. The van der Waals surface area contributed by atoms with E-state index in [0.29, 0.717) is 17.9 Å². The third-order valence-corrected chi connectivity index (χ3v) is 3.78. The summed E-state index contributed by atoms with van der Waals surface area (Å²) >= 11 is 0. The lowest BCUT2D eigenvalue weighted by Gasteiger charge is -2.39. The summed E-state index contributed by atoms with van der Waals surface area (Å²) in [5.74, 6) is 0.454. The minimum Gasteiger partial charge on any atom is -0.377 e. The molecule has 2 atom stereocenters. The van der Waals surface area contributed by atoms with Crippen LogP contribution < -0.4 is 0 Å². The Morgan fingerprint density at radius 1 is 1.38 bits per heavy atom. The number of ketones is 1. The van der Waals surface area contributed by atoms with Crippen LogP contribution in [0.15, 0.2) is 0 Å². The number of Topliss-reactive ketones (excluding diaryl/α,β-unsaturated/α-hetero) is 1. The number of nitrogens with zero attached hydrogens (tertiary/aromatic N) is 1. The molecule has 2 rings (SSSR count). The SMILES string of the molecule is CCOC1CCCN(C2CCCC(=O)C2)C1. The average molecular weight is 225 g/mol. The topological polar surface area (TPSA) is 29.5 Å². The van der Waals surface area contributed by atoms with Crippen molar-refractivity contribution in [3.05, 3.63) is 0 Å². The van der Waals surface area contributed by atoms with Gasteiger partial charge in [-0.15, -0.1) is 0 Å². The third-order valence-electron chi connectivity index (χ3n) is 3.78. The summed E-state index contributed by atoms with van der Waals surface area (Å²) in [6.07, 6.45) is 6.67. The molecule has 0 aromatic rings. The lowest BCUT2D eigenvalue weighted by molar-refractivity contribution is -0.122. The number of ether oxygens (including phenoxy) is 1. The second kappa shape index (κ2) is 5.78. The van der Waals surface area contributed by atoms with E-state index in [9.17, 15) is 4.79 Å². The lowest BCUT2D eigenvalue weighted by Crippen LogP contribution is -2.47. The maximum atomic E-state index is 11.5. The smallest absolute Gasteiger partial charge is 0.134 e. The fourth-order valence-corrected chi connectivity index (χ4v) is 2.98. The van der Waals surface area contributed by atoms with E-state index in [-0.39, 0.29) is 0 Å². The number of hydrogen-bond acceptors (Lipinski definition) is 3. The molecule has 0 amide bonds. The quantitative estimate of drug-likeness (QED) is 0.735. The summed E-state index contributed by atoms with van der Waals surface area (Å²) in [5.41, 5.74) is 0. The molecule has 0 N–H and O–H groups in total. The Bertz CT molecular complexity index is 240. The Hall–Kier alpha value is -0.410. The van der Waals surface area contributed by atoms with Crippen molar-refractivity contribution in [1.29, 1.82) is 0 Å². The van der Waals surface area contributed by atoms with Crippen molar-refractivity contribution in [3.63, 3.8) is 0 Å². The summed E-state index contributed by atoms with van der Waals surface area (Å²) in [6.45, 7) is 5.05. The molecule has 1 aliphatic heterocycles. The van der Waals surface area contributed by atoms with Crippen LogP contribution in [0.4, 0.5) is 0 Å². The van der Waals surface area contributed by atoms with Crippen molar-refractivity contribution < 1.29 is 9.53 Å². The molecule has 1 heterocycles. The van der Waals surface area contributed by atoms with Gasteiger partial charge in [-0.1, -0.05) is 0 Å². The van der Waals surface area contributed by atoms with Gasteiger partial charge in [0.05, 0.1) is 6.10 Å². The van der Waals surface area contributed by atoms with Crippen LogP contribution >= 0.6 is 0 Å². The first-order chi connectivity index (χ1) is 7.79. The average Bonchev–Trinajstić information content (AvgIpc) is 2.30. The van der Waals surface area contributed by atoms with Crippen LogP contribution in [0.1, 0.15) is 45.4 Å². The van der Waals surface area contributed by atoms with Crippen molar-refractivity contribution in [2.75, 3.05) is 19.7 Å². The Labute approximate surface area is 98.1 Å². The Morgan fingerprint density at radius 3 is 3.00 bits per heavy atom. The van der Waals surface area contributed by atoms with Gasteiger partial charge in [-0.05, 0) is 39.2 Å². The predicted molar refractivity (Wildman–Crippen MR) is 63.5 cm³/mol. The first kappa shape index (κ1) is 12.1. The highest BCUT2D eigenvalue weighted by atomic mass is 16.5. The molecule has 3 heteroatoms. The zero-order valence-corrected chi connectivity index (χ0v) is 10.3. The minimum absolute atomic E-state index is 0.399. The molecule has 0 bridgehead atoms. The highest BCUT2D eigenvalue weighted by Gasteiger charge is 2.29. The van der Waals surface area contributed by atoms with Crippen molar-refractivity contribution in [1.82, 2.24) is 4.90 Å². The molecule has 16 heavy (non-hydrogen) atoms. The second-order valence-electron chi connectivity index (χ2n) is 5.00. The van der Waals surface area contributed by atoms with Gasteiger partial charge in [-0.2, -0.15) is 0 Å². The molecule has 3 nitrogen and oxygen atoms in total. The molecule has 2 fully saturated rings. The molecular formula is C13H23NO2. The molecule has 1 aliphatic carbocycles. The molecule has 2 aliphatic rings. The van der Waals surface area contributed by atoms with E-state index >= 15 is 0 Å². The van der Waals surface area contributed by atoms with Crippen LogP contribution in [-0.2, 0) is 9.53 Å². The van der Waals surface area contributed by atoms with Crippen LogP contribution in [0, 0.1) is 0 Å². The molecule has 0 aromatic carbocycles. The van der Waals surface area contributed by atoms with Gasteiger partial charge in [0.2, 0.25) is 0 Å². The van der Waals surface area contributed by atoms with Crippen molar-refractivity contribution in [2.24, 2.45) is 0 Å². The number of rotatable bonds is 3. The number of carbonyl (C=O) groups excluding carboxylic acids is 1. The van der Waals surface area contributed by atoms with Crippen LogP contribution in [0.2, 0.25) is 0 Å². The van der Waals surface area contributed by atoms with Crippen LogP contribution in [0.5, 0.6) is 0 Å². The lowest BCUT2D eigenvalue weighted by atomic mass is 9.91. The summed E-state index contributed by atoms with van der Waals surface area (Å²) in [5, 5.41) is 0. The molecule has 1 saturated carbocycles. The second-order valence-corrected chi connectivity index (χ2v) is 5.00. The first-order valence-corrected chi connectivity index (χ1v) is 6.67. The molecule has 1 saturated heterocycles. The van der Waals surface area contributed by atoms with Gasteiger partial charge in [0.25, 0.3) is 0 Å². The number of carbonyl (C=O) groups is 1. The molecule has 0 radical (unpaired) electrons. The van der Waals surface area contributed by atoms with Crippen LogP contribution in [0.3, 0.4) is 0 Å². The van der Waals surface area contributed by atoms with E-state index in [1.165, 1.54) is 19.3 Å². The van der Waals surface area contributed by atoms with Gasteiger partial charge in [-0.3, -0.25) is 9.69 Å². The monoisotopic (exact) mass is 225 g/mol. The molecule has 0 aromatic heterocycles. The fourth-order valence-electron chi connectivity index (χ4n) is 2.98. The molecule has 2 unspecified atom stereocenters. The summed E-state index contributed by atoms with van der Waals surface area (Å²) < 4.78 is 5.70. The standard InChI is InChI=1S/C13H23NO2/c1-2-16-13-7-4-8-14(10-13)11-5-3-6-12(15)9-11/h11,13H,2-10H2,1H3. The van der Waals surface area contributed by atoms with Crippen LogP contribution in [-0.4, -0.2) is 42.5 Å². The third kappa shape index (κ3) is 3.05. The van der Waals surface area contributed by atoms with E-state index in [1.807, 2.05) is 0 Å². The first-order valence-electron chi connectivity index (χ1n) is 6.67. The summed E-state index contributed by atoms with van der Waals surface area (Å²) in [7, 11) is 0. The van der Waals surface area contributed by atoms with Gasteiger partial charge in [0.15, 0.2) is 0 Å². The summed E-state index contributed by atoms with van der Waals surface area (Å²) in [6, 6.07) is 0.504. The van der Waals surface area contributed by atoms with E-state index in [4.69, 9.17) is 4.74 Å². The zero-order chi connectivity index (χ0) is 11.4. The van der Waals surface area contributed by atoms with Gasteiger partial charge in [-0.25, -0.2) is 0 Å². The van der Waals surface area contributed by atoms with Crippen molar-refractivity contribution >= 4 is 5.78 Å². The highest BCUT2D eigenvalue weighted by Crippen LogP contribution is 2.24. The normalized spacial score (nSPS) is 32.9. The summed E-state index contributed by atoms with van der Waals surface area (Å²) in [4.78, 5) is 14.0. The molecular weight excluding hydrogens is 202 g/mol. The van der Waals surface area contributed by atoms with Gasteiger partial charge < -0.3 is 4.74 Å². The Balaban J connectivity index is 1.85. The van der Waals surface area contributed by atoms with E-state index < -0.39 is 0 Å². The minimum atomic E-state index is 0.399. The Kier molecular flexibility index (Phi) is 4.36. The van der Waals surface area contributed by atoms with Gasteiger partial charge >= 0.3 is 0 Å². The fraction of sp³-hybridized carbons (Fsp3) is 0.923.